The molecular formula is C14H21ClN2O2S2. The van der Waals surface area contributed by atoms with Crippen LogP contribution in [0.5, 0.6) is 0 Å². The highest BCUT2D eigenvalue weighted by atomic mass is 35.5. The van der Waals surface area contributed by atoms with Crippen molar-refractivity contribution in [2.75, 3.05) is 35.2 Å². The first kappa shape index (κ1) is 16.9. The first-order valence-electron chi connectivity index (χ1n) is 7.04. The minimum atomic E-state index is -3.15. The third kappa shape index (κ3) is 3.67. The summed E-state index contributed by atoms with van der Waals surface area (Å²) in [5.74, 6) is 1.64. The summed E-state index contributed by atoms with van der Waals surface area (Å²) < 4.78 is 24.8. The Balaban J connectivity index is 2.47. The van der Waals surface area contributed by atoms with Gasteiger partial charge in [-0.25, -0.2) is 8.42 Å². The molecule has 0 amide bonds. The Kier molecular flexibility index (Phi) is 5.82. The molecule has 0 spiro atoms. The van der Waals surface area contributed by atoms with E-state index in [2.05, 4.69) is 0 Å². The van der Waals surface area contributed by atoms with Crippen LogP contribution in [-0.2, 0) is 16.3 Å². The van der Waals surface area contributed by atoms with Crippen LogP contribution in [0.3, 0.4) is 0 Å². The number of halogens is 1. The molecule has 1 aliphatic rings. The van der Waals surface area contributed by atoms with E-state index in [9.17, 15) is 8.42 Å². The van der Waals surface area contributed by atoms with Gasteiger partial charge in [0.2, 0.25) is 0 Å². The molecule has 1 atom stereocenters. The van der Waals surface area contributed by atoms with Gasteiger partial charge in [-0.3, -0.25) is 0 Å². The molecule has 2 rings (SSSR count). The van der Waals surface area contributed by atoms with Crippen molar-refractivity contribution in [1.29, 1.82) is 0 Å². The van der Waals surface area contributed by atoms with Gasteiger partial charge in [0.1, 0.15) is 5.37 Å². The molecule has 118 valence electrons. The summed E-state index contributed by atoms with van der Waals surface area (Å²) in [6.07, 6.45) is 0.693. The van der Waals surface area contributed by atoms with Crippen LogP contribution in [0.2, 0.25) is 5.02 Å². The van der Waals surface area contributed by atoms with Gasteiger partial charge in [0.05, 0.1) is 10.7 Å². The fourth-order valence-corrected chi connectivity index (χ4v) is 5.84. The predicted octanol–water partition coefficient (Wildman–Crippen LogP) is 2.16. The highest BCUT2D eigenvalue weighted by molar-refractivity contribution is 8.01. The van der Waals surface area contributed by atoms with Crippen molar-refractivity contribution in [3.8, 4) is 0 Å². The molecule has 1 unspecified atom stereocenters. The summed E-state index contributed by atoms with van der Waals surface area (Å²) >= 11 is 8.05. The second-order valence-corrected chi connectivity index (χ2v) is 8.96. The van der Waals surface area contributed by atoms with Crippen molar-refractivity contribution < 1.29 is 8.42 Å². The van der Waals surface area contributed by atoms with Crippen LogP contribution in [0.1, 0.15) is 12.5 Å². The van der Waals surface area contributed by atoms with Crippen LogP contribution >= 0.6 is 23.4 Å². The van der Waals surface area contributed by atoms with E-state index in [4.69, 9.17) is 17.3 Å². The van der Waals surface area contributed by atoms with Crippen molar-refractivity contribution in [2.24, 2.45) is 5.73 Å². The number of anilines is 1. The van der Waals surface area contributed by atoms with Crippen molar-refractivity contribution in [2.45, 2.75) is 18.7 Å². The third-order valence-corrected chi connectivity index (χ3v) is 7.27. The van der Waals surface area contributed by atoms with Gasteiger partial charge in [-0.1, -0.05) is 30.7 Å². The smallest absolute Gasteiger partial charge is 0.171 e. The Morgan fingerprint density at radius 3 is 2.90 bits per heavy atom. The van der Waals surface area contributed by atoms with Gasteiger partial charge in [0.15, 0.2) is 9.84 Å². The molecule has 4 nitrogen and oxygen atoms in total. The standard InChI is InChI=1S/C14H21ClN2O2S2/c1-2-21(18,19)13-10-20-9-8-17(13)14-11(6-7-16)4-3-5-12(14)15/h3-5,13H,2,6-10,16H2,1H3. The van der Waals surface area contributed by atoms with Gasteiger partial charge in [-0.2, -0.15) is 11.8 Å². The van der Waals surface area contributed by atoms with Crippen LogP contribution < -0.4 is 10.6 Å². The molecule has 0 aliphatic carbocycles. The van der Waals surface area contributed by atoms with Crippen molar-refractivity contribution in [3.63, 3.8) is 0 Å². The van der Waals surface area contributed by atoms with Gasteiger partial charge in [-0.15, -0.1) is 0 Å². The summed E-state index contributed by atoms with van der Waals surface area (Å²) in [6.45, 7) is 2.90. The molecule has 1 heterocycles. The topological polar surface area (TPSA) is 63.4 Å². The van der Waals surface area contributed by atoms with Gasteiger partial charge >= 0.3 is 0 Å². The molecule has 1 fully saturated rings. The summed E-state index contributed by atoms with van der Waals surface area (Å²) in [5, 5.41) is 0.0989. The number of thioether (sulfide) groups is 1. The van der Waals surface area contributed by atoms with Crippen molar-refractivity contribution in [1.82, 2.24) is 0 Å². The maximum atomic E-state index is 12.4. The fourth-order valence-electron chi connectivity index (χ4n) is 2.57. The van der Waals surface area contributed by atoms with E-state index in [1.807, 2.05) is 23.1 Å². The molecule has 21 heavy (non-hydrogen) atoms. The Bertz CT molecular complexity index is 593. The average molecular weight is 349 g/mol. The largest absolute Gasteiger partial charge is 0.352 e. The fraction of sp³-hybridized carbons (Fsp3) is 0.571. The number of benzene rings is 1. The lowest BCUT2D eigenvalue weighted by Crippen LogP contribution is -2.48. The zero-order valence-corrected chi connectivity index (χ0v) is 14.5. The van der Waals surface area contributed by atoms with Gasteiger partial charge in [0, 0.05) is 23.8 Å². The van der Waals surface area contributed by atoms with Crippen LogP contribution in [0, 0.1) is 0 Å². The molecule has 1 aromatic rings. The lowest BCUT2D eigenvalue weighted by Gasteiger charge is -2.38. The predicted molar refractivity (Wildman–Crippen MR) is 92.1 cm³/mol. The monoisotopic (exact) mass is 348 g/mol. The van der Waals surface area contributed by atoms with Crippen LogP contribution in [-0.4, -0.2) is 44.1 Å². The second kappa shape index (κ2) is 7.22. The van der Waals surface area contributed by atoms with Crippen LogP contribution in [0.4, 0.5) is 5.69 Å². The molecule has 7 heteroatoms. The van der Waals surface area contributed by atoms with Gasteiger partial charge < -0.3 is 10.6 Å². The number of hydrogen-bond donors (Lipinski definition) is 1. The van der Waals surface area contributed by atoms with E-state index in [0.29, 0.717) is 30.3 Å². The molecule has 0 bridgehead atoms. The van der Waals surface area contributed by atoms with E-state index in [0.717, 1.165) is 17.0 Å². The SMILES string of the molecule is CCS(=O)(=O)C1CSCCN1c1c(Cl)cccc1CCN. The minimum absolute atomic E-state index is 0.144. The van der Waals surface area contributed by atoms with E-state index in [1.54, 1.807) is 18.7 Å². The summed E-state index contributed by atoms with van der Waals surface area (Å²) in [4.78, 5) is 1.96. The number of nitrogens with two attached hydrogens (primary N) is 1. The number of nitrogens with zero attached hydrogens (tertiary/aromatic N) is 1. The average Bonchev–Trinajstić information content (AvgIpc) is 2.48. The Morgan fingerprint density at radius 2 is 2.24 bits per heavy atom. The zero-order chi connectivity index (χ0) is 15.5. The second-order valence-electron chi connectivity index (χ2n) is 4.96. The van der Waals surface area contributed by atoms with E-state index in [1.165, 1.54) is 0 Å². The number of hydrogen-bond acceptors (Lipinski definition) is 5. The highest BCUT2D eigenvalue weighted by Crippen LogP contribution is 2.35. The molecule has 0 saturated carbocycles. The van der Waals surface area contributed by atoms with Gasteiger partial charge in [0.25, 0.3) is 0 Å². The lowest BCUT2D eigenvalue weighted by atomic mass is 10.1. The first-order valence-corrected chi connectivity index (χ1v) is 10.3. The molecule has 2 N–H and O–H groups in total. The van der Waals surface area contributed by atoms with Crippen molar-refractivity contribution >= 4 is 38.9 Å². The quantitative estimate of drug-likeness (QED) is 0.883. The number of sulfone groups is 1. The van der Waals surface area contributed by atoms with Crippen molar-refractivity contribution in [3.05, 3.63) is 28.8 Å². The van der Waals surface area contributed by atoms with Crippen LogP contribution in [0.15, 0.2) is 18.2 Å². The van der Waals surface area contributed by atoms with E-state index >= 15 is 0 Å². The Hall–Kier alpha value is -0.430. The lowest BCUT2D eigenvalue weighted by molar-refractivity contribution is 0.579. The highest BCUT2D eigenvalue weighted by Gasteiger charge is 2.34. The Labute approximate surface area is 135 Å². The Morgan fingerprint density at radius 1 is 1.48 bits per heavy atom. The maximum absolute atomic E-state index is 12.4. The molecule has 1 aliphatic heterocycles. The first-order chi connectivity index (χ1) is 10.0. The zero-order valence-electron chi connectivity index (χ0n) is 12.1. The minimum Gasteiger partial charge on any atom is -0.352 e. The molecule has 0 aromatic heterocycles. The summed E-state index contributed by atoms with van der Waals surface area (Å²) in [6, 6.07) is 5.68. The molecule has 0 radical (unpaired) electrons. The summed E-state index contributed by atoms with van der Waals surface area (Å²) in [7, 11) is -3.15. The third-order valence-electron chi connectivity index (χ3n) is 3.67. The summed E-state index contributed by atoms with van der Waals surface area (Å²) in [5.41, 5.74) is 7.53. The normalized spacial score (nSPS) is 19.8. The van der Waals surface area contributed by atoms with Gasteiger partial charge in [-0.05, 0) is 24.6 Å². The van der Waals surface area contributed by atoms with E-state index < -0.39 is 15.2 Å². The maximum Gasteiger partial charge on any atom is 0.171 e. The molecular weight excluding hydrogens is 328 g/mol. The molecule has 1 aromatic carbocycles. The molecule has 1 saturated heterocycles. The number of rotatable bonds is 5. The van der Waals surface area contributed by atoms with E-state index in [-0.39, 0.29) is 5.75 Å². The number of para-hydroxylation sites is 1. The van der Waals surface area contributed by atoms with Crippen LogP contribution in [0.25, 0.3) is 0 Å².